The van der Waals surface area contributed by atoms with Gasteiger partial charge in [0.05, 0.1) is 7.11 Å². The van der Waals surface area contributed by atoms with Crippen molar-refractivity contribution >= 4 is 0 Å². The Bertz CT molecular complexity index is 672. The monoisotopic (exact) mass is 289 g/mol. The van der Waals surface area contributed by atoms with E-state index in [4.69, 9.17) is 4.74 Å². The second-order valence-corrected chi connectivity index (χ2v) is 5.46. The highest BCUT2D eigenvalue weighted by molar-refractivity contribution is 5.49. The molecule has 0 N–H and O–H groups in total. The topological polar surface area (TPSA) is 12.5 Å². The number of fused-ring (bicyclic) bond motifs is 1. The molecule has 21 heavy (non-hydrogen) atoms. The molecule has 1 heterocycles. The van der Waals surface area contributed by atoms with E-state index in [2.05, 4.69) is 11.0 Å². The van der Waals surface area contributed by atoms with E-state index in [1.54, 1.807) is 13.2 Å². The number of halogens is 2. The number of likely N-dealkylation sites (N-methyl/N-ethyl adjacent to an activating group) is 1. The largest absolute Gasteiger partial charge is 0.496 e. The molecular formula is C17H17F2NO. The zero-order valence-corrected chi connectivity index (χ0v) is 12.1. The predicted octanol–water partition coefficient (Wildman–Crippen LogP) is 3.55. The first kappa shape index (κ1) is 14.0. The standard InChI is InChI=1S/C17H17F2NO/c1-20-9-12-4-3-5-16(21-2)17(12)13(10-20)11-6-7-14(18)15(19)8-11/h3-8,13H,9-10H2,1-2H3/t13-/m1/s1. The molecule has 1 aliphatic rings. The highest BCUT2D eigenvalue weighted by atomic mass is 19.2. The molecule has 0 spiro atoms. The molecule has 1 atom stereocenters. The van der Waals surface area contributed by atoms with E-state index in [1.165, 1.54) is 12.1 Å². The van der Waals surface area contributed by atoms with Crippen LogP contribution in [0.25, 0.3) is 0 Å². The number of hydrogen-bond acceptors (Lipinski definition) is 2. The number of benzene rings is 2. The second-order valence-electron chi connectivity index (χ2n) is 5.46. The minimum Gasteiger partial charge on any atom is -0.496 e. The predicted molar refractivity (Wildman–Crippen MR) is 77.5 cm³/mol. The molecule has 1 aliphatic heterocycles. The maximum atomic E-state index is 13.6. The molecule has 2 nitrogen and oxygen atoms in total. The summed E-state index contributed by atoms with van der Waals surface area (Å²) in [5.41, 5.74) is 3.01. The molecule has 110 valence electrons. The van der Waals surface area contributed by atoms with Crippen molar-refractivity contribution in [2.45, 2.75) is 12.5 Å². The van der Waals surface area contributed by atoms with Gasteiger partial charge in [-0.1, -0.05) is 18.2 Å². The third-order valence-corrected chi connectivity index (χ3v) is 4.01. The lowest BCUT2D eigenvalue weighted by atomic mass is 9.84. The third kappa shape index (κ3) is 2.51. The Balaban J connectivity index is 2.13. The lowest BCUT2D eigenvalue weighted by Crippen LogP contribution is -2.31. The molecule has 0 saturated carbocycles. The summed E-state index contributed by atoms with van der Waals surface area (Å²) in [7, 11) is 3.66. The van der Waals surface area contributed by atoms with Crippen LogP contribution in [-0.4, -0.2) is 25.6 Å². The maximum Gasteiger partial charge on any atom is 0.159 e. The van der Waals surface area contributed by atoms with Crippen LogP contribution in [0.1, 0.15) is 22.6 Å². The highest BCUT2D eigenvalue weighted by Gasteiger charge is 2.28. The average Bonchev–Trinajstić information content (AvgIpc) is 2.48. The SMILES string of the molecule is COc1cccc2c1[C@@H](c1ccc(F)c(F)c1)CN(C)C2. The summed E-state index contributed by atoms with van der Waals surface area (Å²) in [5, 5.41) is 0. The van der Waals surface area contributed by atoms with Crippen molar-refractivity contribution < 1.29 is 13.5 Å². The summed E-state index contributed by atoms with van der Waals surface area (Å²) in [5.74, 6) is -0.847. The van der Waals surface area contributed by atoms with Gasteiger partial charge in [-0.2, -0.15) is 0 Å². The van der Waals surface area contributed by atoms with Crippen molar-refractivity contribution in [3.63, 3.8) is 0 Å². The number of nitrogens with zero attached hydrogens (tertiary/aromatic N) is 1. The minimum atomic E-state index is -0.817. The van der Waals surface area contributed by atoms with Crippen LogP contribution in [0.4, 0.5) is 8.78 Å². The lowest BCUT2D eigenvalue weighted by molar-refractivity contribution is 0.288. The maximum absolute atomic E-state index is 13.6. The minimum absolute atomic E-state index is 0.0231. The van der Waals surface area contributed by atoms with Gasteiger partial charge >= 0.3 is 0 Å². The molecule has 0 fully saturated rings. The molecule has 0 amide bonds. The number of methoxy groups -OCH3 is 1. The van der Waals surface area contributed by atoms with Gasteiger partial charge in [0.25, 0.3) is 0 Å². The van der Waals surface area contributed by atoms with Crippen molar-refractivity contribution in [2.75, 3.05) is 20.7 Å². The zero-order chi connectivity index (χ0) is 15.0. The van der Waals surface area contributed by atoms with Crippen LogP contribution in [0.15, 0.2) is 36.4 Å². The van der Waals surface area contributed by atoms with E-state index in [1.807, 2.05) is 19.2 Å². The van der Waals surface area contributed by atoms with E-state index in [-0.39, 0.29) is 5.92 Å². The molecule has 0 unspecified atom stereocenters. The smallest absolute Gasteiger partial charge is 0.159 e. The third-order valence-electron chi connectivity index (χ3n) is 4.01. The van der Waals surface area contributed by atoms with Crippen molar-refractivity contribution in [1.29, 1.82) is 0 Å². The number of ether oxygens (including phenoxy) is 1. The molecule has 4 heteroatoms. The first-order chi connectivity index (χ1) is 10.1. The molecule has 0 saturated heterocycles. The van der Waals surface area contributed by atoms with Crippen LogP contribution in [0.3, 0.4) is 0 Å². The fourth-order valence-corrected chi connectivity index (χ4v) is 3.06. The Kier molecular flexibility index (Phi) is 3.64. The van der Waals surface area contributed by atoms with Crippen molar-refractivity contribution in [3.8, 4) is 5.75 Å². The van der Waals surface area contributed by atoms with Crippen molar-refractivity contribution in [1.82, 2.24) is 4.90 Å². The van der Waals surface area contributed by atoms with Crippen LogP contribution < -0.4 is 4.74 Å². The Hall–Kier alpha value is -1.94. The molecule has 2 aromatic carbocycles. The normalized spacial score (nSPS) is 18.4. The summed E-state index contributed by atoms with van der Waals surface area (Å²) < 4.78 is 32.2. The van der Waals surface area contributed by atoms with Crippen LogP contribution in [0.2, 0.25) is 0 Å². The van der Waals surface area contributed by atoms with Gasteiger partial charge in [0.15, 0.2) is 11.6 Å². The second kappa shape index (κ2) is 5.45. The van der Waals surface area contributed by atoms with Gasteiger partial charge in [-0.05, 0) is 36.4 Å². The Morgan fingerprint density at radius 1 is 1.14 bits per heavy atom. The summed E-state index contributed by atoms with van der Waals surface area (Å²) in [6, 6.07) is 10.1. The van der Waals surface area contributed by atoms with Gasteiger partial charge in [-0.15, -0.1) is 0 Å². The fraction of sp³-hybridized carbons (Fsp3) is 0.294. The molecule has 0 aromatic heterocycles. The summed E-state index contributed by atoms with van der Waals surface area (Å²) >= 11 is 0. The van der Waals surface area contributed by atoms with Gasteiger partial charge in [-0.3, -0.25) is 0 Å². The Morgan fingerprint density at radius 2 is 1.95 bits per heavy atom. The zero-order valence-electron chi connectivity index (χ0n) is 12.1. The number of rotatable bonds is 2. The highest BCUT2D eigenvalue weighted by Crippen LogP contribution is 2.39. The van der Waals surface area contributed by atoms with Crippen LogP contribution in [0.5, 0.6) is 5.75 Å². The van der Waals surface area contributed by atoms with E-state index >= 15 is 0 Å². The van der Waals surface area contributed by atoms with E-state index in [0.717, 1.165) is 35.5 Å². The molecular weight excluding hydrogens is 272 g/mol. The van der Waals surface area contributed by atoms with Gasteiger partial charge < -0.3 is 9.64 Å². The van der Waals surface area contributed by atoms with Gasteiger partial charge in [-0.25, -0.2) is 8.78 Å². The molecule has 3 rings (SSSR count). The molecule has 0 radical (unpaired) electrons. The quantitative estimate of drug-likeness (QED) is 0.838. The van der Waals surface area contributed by atoms with Crippen LogP contribution in [-0.2, 0) is 6.54 Å². The fourth-order valence-electron chi connectivity index (χ4n) is 3.06. The van der Waals surface area contributed by atoms with E-state index in [9.17, 15) is 8.78 Å². The Morgan fingerprint density at radius 3 is 2.67 bits per heavy atom. The average molecular weight is 289 g/mol. The van der Waals surface area contributed by atoms with Gasteiger partial charge in [0.1, 0.15) is 5.75 Å². The molecule has 0 aliphatic carbocycles. The first-order valence-corrected chi connectivity index (χ1v) is 6.89. The molecule has 2 aromatic rings. The Labute approximate surface area is 123 Å². The summed E-state index contributed by atoms with van der Waals surface area (Å²) in [6.45, 7) is 1.57. The van der Waals surface area contributed by atoms with Crippen LogP contribution in [0, 0.1) is 11.6 Å². The summed E-state index contributed by atoms with van der Waals surface area (Å²) in [6.07, 6.45) is 0. The lowest BCUT2D eigenvalue weighted by Gasteiger charge is -2.33. The van der Waals surface area contributed by atoms with Gasteiger partial charge in [0.2, 0.25) is 0 Å². The number of hydrogen-bond donors (Lipinski definition) is 0. The van der Waals surface area contributed by atoms with Crippen LogP contribution >= 0.6 is 0 Å². The summed E-state index contributed by atoms with van der Waals surface area (Å²) in [4.78, 5) is 2.17. The van der Waals surface area contributed by atoms with Crippen molar-refractivity contribution in [2.24, 2.45) is 0 Å². The van der Waals surface area contributed by atoms with E-state index < -0.39 is 11.6 Å². The van der Waals surface area contributed by atoms with E-state index in [0.29, 0.717) is 0 Å². The molecule has 0 bridgehead atoms. The van der Waals surface area contributed by atoms with Crippen molar-refractivity contribution in [3.05, 3.63) is 64.7 Å². The first-order valence-electron chi connectivity index (χ1n) is 6.89. The van der Waals surface area contributed by atoms with Gasteiger partial charge in [0, 0.05) is 24.6 Å².